The van der Waals surface area contributed by atoms with Gasteiger partial charge in [0.05, 0.1) is 5.60 Å². The quantitative estimate of drug-likeness (QED) is 0.555. The van der Waals surface area contributed by atoms with Crippen molar-refractivity contribution in [3.8, 4) is 0 Å². The van der Waals surface area contributed by atoms with Gasteiger partial charge in [0.25, 0.3) is 0 Å². The van der Waals surface area contributed by atoms with Gasteiger partial charge in [-0.2, -0.15) is 0 Å². The lowest BCUT2D eigenvalue weighted by atomic mass is 9.99. The molecule has 0 amide bonds. The molecule has 1 rings (SSSR count). The Kier molecular flexibility index (Phi) is 1.82. The first-order valence-corrected chi connectivity index (χ1v) is 3.78. The third-order valence-corrected chi connectivity index (χ3v) is 2.21. The molecule has 2 atom stereocenters. The average Bonchev–Trinajstić information content (AvgIpc) is 2.10. The Bertz CT molecular complexity index is 153. The summed E-state index contributed by atoms with van der Waals surface area (Å²) < 4.78 is 5.46. The number of Topliss-reactive ketones (excluding diaryl/α,β-unsaturated/α-hetero) is 1. The lowest BCUT2D eigenvalue weighted by Crippen LogP contribution is -2.22. The number of carbonyl (C=O) groups excluding carboxylic acids is 1. The van der Waals surface area contributed by atoms with Crippen LogP contribution in [0.4, 0.5) is 0 Å². The van der Waals surface area contributed by atoms with E-state index in [2.05, 4.69) is 0 Å². The van der Waals surface area contributed by atoms with Crippen LogP contribution in [0.25, 0.3) is 0 Å². The van der Waals surface area contributed by atoms with Gasteiger partial charge in [-0.25, -0.2) is 0 Å². The number of hydrogen-bond donors (Lipinski definition) is 0. The van der Waals surface area contributed by atoms with E-state index in [-0.39, 0.29) is 17.5 Å². The van der Waals surface area contributed by atoms with E-state index in [1.54, 1.807) is 0 Å². The molecule has 0 radical (unpaired) electrons. The van der Waals surface area contributed by atoms with Gasteiger partial charge in [-0.05, 0) is 20.3 Å². The zero-order chi connectivity index (χ0) is 7.78. The van der Waals surface area contributed by atoms with Gasteiger partial charge in [0.1, 0.15) is 6.10 Å². The fraction of sp³-hybridized carbons (Fsp3) is 0.875. The zero-order valence-corrected chi connectivity index (χ0v) is 6.81. The van der Waals surface area contributed by atoms with E-state index in [4.69, 9.17) is 4.74 Å². The molecule has 1 aliphatic heterocycles. The van der Waals surface area contributed by atoms with Gasteiger partial charge in [0.2, 0.25) is 0 Å². The summed E-state index contributed by atoms with van der Waals surface area (Å²) in [5.74, 6) is 0.240. The molecule has 1 aliphatic rings. The van der Waals surface area contributed by atoms with E-state index >= 15 is 0 Å². The van der Waals surface area contributed by atoms with Crippen LogP contribution in [0.2, 0.25) is 0 Å². The largest absolute Gasteiger partial charge is 0.364 e. The number of hydrogen-bond acceptors (Lipinski definition) is 2. The Morgan fingerprint density at radius 1 is 1.80 bits per heavy atom. The van der Waals surface area contributed by atoms with Crippen molar-refractivity contribution in [1.29, 1.82) is 0 Å². The molecule has 10 heavy (non-hydrogen) atoms. The molecule has 0 aromatic carbocycles. The first-order chi connectivity index (χ1) is 4.57. The number of ketones is 1. The molecule has 2 heteroatoms. The Morgan fingerprint density at radius 3 is 2.60 bits per heavy atom. The van der Waals surface area contributed by atoms with Crippen LogP contribution in [0, 0.1) is 0 Å². The van der Waals surface area contributed by atoms with Gasteiger partial charge in [0, 0.05) is 6.42 Å². The van der Waals surface area contributed by atoms with Gasteiger partial charge in [0.15, 0.2) is 5.78 Å². The van der Waals surface area contributed by atoms with Crippen molar-refractivity contribution in [2.24, 2.45) is 0 Å². The molecule has 1 fully saturated rings. The van der Waals surface area contributed by atoms with Crippen molar-refractivity contribution in [3.05, 3.63) is 0 Å². The van der Waals surface area contributed by atoms with E-state index in [0.717, 1.165) is 6.42 Å². The highest BCUT2D eigenvalue weighted by Gasteiger charge is 2.38. The smallest absolute Gasteiger partial charge is 0.164 e. The molecule has 1 saturated heterocycles. The predicted molar refractivity (Wildman–Crippen MR) is 38.9 cm³/mol. The topological polar surface area (TPSA) is 26.3 Å². The first kappa shape index (κ1) is 7.73. The SMILES string of the molecule is CCC1(C)CC(=O)C(C)O1. The van der Waals surface area contributed by atoms with E-state index in [1.165, 1.54) is 0 Å². The molecule has 0 N–H and O–H groups in total. The summed E-state index contributed by atoms with van der Waals surface area (Å²) in [4.78, 5) is 11.0. The van der Waals surface area contributed by atoms with Crippen LogP contribution in [0.3, 0.4) is 0 Å². The van der Waals surface area contributed by atoms with Crippen LogP contribution in [0.1, 0.15) is 33.6 Å². The maximum atomic E-state index is 11.0. The maximum absolute atomic E-state index is 11.0. The minimum atomic E-state index is -0.176. The Hall–Kier alpha value is -0.370. The summed E-state index contributed by atoms with van der Waals surface area (Å²) >= 11 is 0. The van der Waals surface area contributed by atoms with E-state index in [0.29, 0.717) is 6.42 Å². The van der Waals surface area contributed by atoms with Crippen LogP contribution < -0.4 is 0 Å². The maximum Gasteiger partial charge on any atom is 0.164 e. The van der Waals surface area contributed by atoms with Gasteiger partial charge in [-0.3, -0.25) is 4.79 Å². The van der Waals surface area contributed by atoms with Gasteiger partial charge in [-0.15, -0.1) is 0 Å². The summed E-state index contributed by atoms with van der Waals surface area (Å²) in [5, 5.41) is 0. The monoisotopic (exact) mass is 142 g/mol. The molecule has 0 bridgehead atoms. The van der Waals surface area contributed by atoms with Gasteiger partial charge in [-0.1, -0.05) is 6.92 Å². The minimum absolute atomic E-state index is 0.170. The van der Waals surface area contributed by atoms with Crippen molar-refractivity contribution >= 4 is 5.78 Å². The van der Waals surface area contributed by atoms with E-state index in [1.807, 2.05) is 20.8 Å². The second kappa shape index (κ2) is 2.35. The lowest BCUT2D eigenvalue weighted by Gasteiger charge is -2.20. The highest BCUT2D eigenvalue weighted by molar-refractivity contribution is 5.85. The molecule has 0 aromatic rings. The van der Waals surface area contributed by atoms with Crippen molar-refractivity contribution in [2.45, 2.75) is 45.3 Å². The van der Waals surface area contributed by atoms with Crippen LogP contribution in [0.5, 0.6) is 0 Å². The molecule has 2 nitrogen and oxygen atoms in total. The fourth-order valence-electron chi connectivity index (χ4n) is 1.25. The number of rotatable bonds is 1. The van der Waals surface area contributed by atoms with Gasteiger partial charge >= 0.3 is 0 Å². The summed E-state index contributed by atoms with van der Waals surface area (Å²) in [6, 6.07) is 0. The summed E-state index contributed by atoms with van der Waals surface area (Å²) in [5.41, 5.74) is -0.170. The highest BCUT2D eigenvalue weighted by Crippen LogP contribution is 2.29. The molecule has 58 valence electrons. The van der Waals surface area contributed by atoms with E-state index < -0.39 is 0 Å². The molecule has 0 spiro atoms. The van der Waals surface area contributed by atoms with Crippen LogP contribution in [-0.2, 0) is 9.53 Å². The molecular formula is C8H14O2. The van der Waals surface area contributed by atoms with Crippen molar-refractivity contribution in [1.82, 2.24) is 0 Å². The summed E-state index contributed by atoms with van der Waals surface area (Å²) in [6.45, 7) is 5.86. The third-order valence-electron chi connectivity index (χ3n) is 2.21. The van der Waals surface area contributed by atoms with Crippen molar-refractivity contribution in [3.63, 3.8) is 0 Å². The molecule has 0 aromatic heterocycles. The average molecular weight is 142 g/mol. The molecular weight excluding hydrogens is 128 g/mol. The highest BCUT2D eigenvalue weighted by atomic mass is 16.5. The molecule has 0 aliphatic carbocycles. The van der Waals surface area contributed by atoms with Crippen LogP contribution >= 0.6 is 0 Å². The van der Waals surface area contributed by atoms with E-state index in [9.17, 15) is 4.79 Å². The number of ether oxygens (including phenoxy) is 1. The Balaban J connectivity index is 2.64. The molecule has 2 unspecified atom stereocenters. The lowest BCUT2D eigenvalue weighted by molar-refractivity contribution is -0.122. The Labute approximate surface area is 61.6 Å². The standard InChI is InChI=1S/C8H14O2/c1-4-8(3)5-7(9)6(2)10-8/h6H,4-5H2,1-3H3. The minimum Gasteiger partial charge on any atom is -0.364 e. The normalized spacial score (nSPS) is 40.7. The summed E-state index contributed by atoms with van der Waals surface area (Å²) in [6.07, 6.45) is 1.33. The predicted octanol–water partition coefficient (Wildman–Crippen LogP) is 1.53. The van der Waals surface area contributed by atoms with Crippen molar-refractivity contribution in [2.75, 3.05) is 0 Å². The number of carbonyl (C=O) groups is 1. The van der Waals surface area contributed by atoms with Crippen LogP contribution in [-0.4, -0.2) is 17.5 Å². The molecule has 1 heterocycles. The van der Waals surface area contributed by atoms with Gasteiger partial charge < -0.3 is 4.74 Å². The second-order valence-corrected chi connectivity index (χ2v) is 3.21. The second-order valence-electron chi connectivity index (χ2n) is 3.21. The summed E-state index contributed by atoms with van der Waals surface area (Å²) in [7, 11) is 0. The zero-order valence-electron chi connectivity index (χ0n) is 6.81. The third kappa shape index (κ3) is 1.21. The van der Waals surface area contributed by atoms with Crippen molar-refractivity contribution < 1.29 is 9.53 Å². The first-order valence-electron chi connectivity index (χ1n) is 3.78. The van der Waals surface area contributed by atoms with Crippen LogP contribution in [0.15, 0.2) is 0 Å². The molecule has 0 saturated carbocycles. The Morgan fingerprint density at radius 2 is 2.40 bits per heavy atom. The fourth-order valence-corrected chi connectivity index (χ4v) is 1.25.